The fourth-order valence-electron chi connectivity index (χ4n) is 4.97. The molecule has 2 aromatic carbocycles. The second-order valence-electron chi connectivity index (χ2n) is 11.0. The highest BCUT2D eigenvalue weighted by molar-refractivity contribution is 6.30. The SMILES string of the molecule is CCOC(=O)CNC(=O)Nc1cccc(C(=O)NC(C)[C@@H](C)C(=O)N2CC[C@](O)(c3ccc(Cl)cc3)C(C)(C)C2)c1. The minimum Gasteiger partial charge on any atom is -0.465 e. The number of carbonyl (C=O) groups excluding carboxylic acids is 4. The van der Waals surface area contributed by atoms with Crippen LogP contribution < -0.4 is 16.0 Å². The molecule has 3 atom stereocenters. The van der Waals surface area contributed by atoms with Gasteiger partial charge in [-0.1, -0.05) is 50.6 Å². The van der Waals surface area contributed by atoms with Crippen LogP contribution in [0.25, 0.3) is 0 Å². The lowest BCUT2D eigenvalue weighted by Crippen LogP contribution is -2.58. The van der Waals surface area contributed by atoms with Crippen LogP contribution in [0.4, 0.5) is 10.5 Å². The highest BCUT2D eigenvalue weighted by Crippen LogP contribution is 2.46. The number of halogens is 1. The molecule has 0 saturated carbocycles. The maximum absolute atomic E-state index is 13.5. The van der Waals surface area contributed by atoms with Gasteiger partial charge in [-0.25, -0.2) is 4.79 Å². The van der Waals surface area contributed by atoms with E-state index in [1.165, 1.54) is 6.07 Å². The molecule has 0 aliphatic carbocycles. The van der Waals surface area contributed by atoms with Gasteiger partial charge in [0.2, 0.25) is 5.91 Å². The highest BCUT2D eigenvalue weighted by Gasteiger charge is 2.50. The molecule has 0 spiro atoms. The van der Waals surface area contributed by atoms with Crippen molar-refractivity contribution in [1.82, 2.24) is 15.5 Å². The Morgan fingerprint density at radius 2 is 1.78 bits per heavy atom. The van der Waals surface area contributed by atoms with Crippen molar-refractivity contribution in [2.45, 2.75) is 52.7 Å². The largest absolute Gasteiger partial charge is 0.465 e. The number of nitrogens with one attached hydrogen (secondary N) is 3. The summed E-state index contributed by atoms with van der Waals surface area (Å²) in [7, 11) is 0. The number of ether oxygens (including phenoxy) is 1. The summed E-state index contributed by atoms with van der Waals surface area (Å²) in [6.07, 6.45) is 0.369. The van der Waals surface area contributed by atoms with Gasteiger partial charge >= 0.3 is 12.0 Å². The Kier molecular flexibility index (Phi) is 10.4. The van der Waals surface area contributed by atoms with E-state index in [9.17, 15) is 24.3 Å². The topological polar surface area (TPSA) is 137 Å². The van der Waals surface area contributed by atoms with Crippen molar-refractivity contribution in [3.8, 4) is 0 Å². The van der Waals surface area contributed by atoms with Crippen LogP contribution in [0.1, 0.15) is 57.0 Å². The summed E-state index contributed by atoms with van der Waals surface area (Å²) in [5.41, 5.74) is -0.323. The number of piperidine rings is 1. The number of hydrogen-bond acceptors (Lipinski definition) is 6. The highest BCUT2D eigenvalue weighted by atomic mass is 35.5. The summed E-state index contributed by atoms with van der Waals surface area (Å²) >= 11 is 6.03. The van der Waals surface area contributed by atoms with E-state index in [2.05, 4.69) is 16.0 Å². The maximum Gasteiger partial charge on any atom is 0.325 e. The zero-order chi connectivity index (χ0) is 30.4. The molecule has 3 rings (SSSR count). The molecule has 0 bridgehead atoms. The van der Waals surface area contributed by atoms with Gasteiger partial charge < -0.3 is 30.7 Å². The average Bonchev–Trinajstić information content (AvgIpc) is 2.93. The van der Waals surface area contributed by atoms with Crippen molar-refractivity contribution in [3.63, 3.8) is 0 Å². The first-order valence-electron chi connectivity index (χ1n) is 13.7. The van der Waals surface area contributed by atoms with Gasteiger partial charge in [-0.3, -0.25) is 14.4 Å². The molecule has 2 aromatic rings. The number of urea groups is 1. The second-order valence-corrected chi connectivity index (χ2v) is 11.4. The summed E-state index contributed by atoms with van der Waals surface area (Å²) < 4.78 is 4.77. The smallest absolute Gasteiger partial charge is 0.325 e. The van der Waals surface area contributed by atoms with Gasteiger partial charge in [0.05, 0.1) is 18.1 Å². The van der Waals surface area contributed by atoms with Crippen LogP contribution in [0.3, 0.4) is 0 Å². The first kappa shape index (κ1) is 31.9. The molecule has 4 N–H and O–H groups in total. The van der Waals surface area contributed by atoms with E-state index in [0.29, 0.717) is 35.8 Å². The number of nitrogens with zero attached hydrogens (tertiary/aromatic N) is 1. The molecule has 11 heteroatoms. The average molecular weight is 587 g/mol. The van der Waals surface area contributed by atoms with Crippen LogP contribution >= 0.6 is 11.6 Å². The fraction of sp³-hybridized carbons (Fsp3) is 0.467. The third-order valence-electron chi connectivity index (χ3n) is 7.66. The van der Waals surface area contributed by atoms with Crippen molar-refractivity contribution < 1.29 is 29.0 Å². The molecule has 1 aliphatic heterocycles. The van der Waals surface area contributed by atoms with Crippen molar-refractivity contribution in [3.05, 3.63) is 64.7 Å². The molecule has 4 amide bonds. The number of aliphatic hydroxyl groups is 1. The Hall–Kier alpha value is -3.63. The molecule has 0 aromatic heterocycles. The number of anilines is 1. The van der Waals surface area contributed by atoms with Gasteiger partial charge in [0, 0.05) is 40.8 Å². The van der Waals surface area contributed by atoms with E-state index in [4.69, 9.17) is 16.3 Å². The molecule has 1 aliphatic rings. The van der Waals surface area contributed by atoms with Crippen LogP contribution in [0, 0.1) is 11.3 Å². The van der Waals surface area contributed by atoms with Gasteiger partial charge in [0.25, 0.3) is 5.91 Å². The summed E-state index contributed by atoms with van der Waals surface area (Å²) in [5.74, 6) is -1.59. The Balaban J connectivity index is 1.58. The molecule has 1 fully saturated rings. The van der Waals surface area contributed by atoms with E-state index in [-0.39, 0.29) is 19.1 Å². The monoisotopic (exact) mass is 586 g/mol. The van der Waals surface area contributed by atoms with Crippen LogP contribution in [-0.2, 0) is 19.9 Å². The standard InChI is InChI=1S/C30H39ClN4O6/c1-6-41-25(36)17-32-28(39)34-24-9-7-8-21(16-24)26(37)33-20(3)19(2)27(38)35-15-14-30(40,29(4,5)18-35)22-10-12-23(31)13-11-22/h7-13,16,19-20,40H,6,14-15,17-18H2,1-5H3,(H,33,37)(H2,32,34,39)/t19-,20?,30+/m1/s1. The van der Waals surface area contributed by atoms with Gasteiger partial charge in [-0.15, -0.1) is 0 Å². The van der Waals surface area contributed by atoms with Crippen LogP contribution in [0.2, 0.25) is 5.02 Å². The lowest BCUT2D eigenvalue weighted by Gasteiger charge is -2.51. The Morgan fingerprint density at radius 3 is 2.41 bits per heavy atom. The van der Waals surface area contributed by atoms with Gasteiger partial charge in [-0.05, 0) is 56.2 Å². The molecule has 1 unspecified atom stereocenters. The lowest BCUT2D eigenvalue weighted by molar-refractivity contribution is -0.156. The van der Waals surface area contributed by atoms with Crippen molar-refractivity contribution >= 4 is 41.1 Å². The predicted octanol–water partition coefficient (Wildman–Crippen LogP) is 3.93. The molecule has 41 heavy (non-hydrogen) atoms. The van der Waals surface area contributed by atoms with E-state index < -0.39 is 40.9 Å². The zero-order valence-corrected chi connectivity index (χ0v) is 24.9. The number of hydrogen-bond donors (Lipinski definition) is 4. The minimum atomic E-state index is -1.12. The van der Waals surface area contributed by atoms with E-state index in [1.807, 2.05) is 26.0 Å². The van der Waals surface area contributed by atoms with Crippen molar-refractivity contribution in [2.24, 2.45) is 11.3 Å². The number of likely N-dealkylation sites (tertiary alicyclic amines) is 1. The molecule has 1 saturated heterocycles. The lowest BCUT2D eigenvalue weighted by atomic mass is 9.66. The number of rotatable bonds is 9. The predicted molar refractivity (Wildman–Crippen MR) is 157 cm³/mol. The molecular formula is C30H39ClN4O6. The minimum absolute atomic E-state index is 0.113. The number of esters is 1. The Morgan fingerprint density at radius 1 is 1.10 bits per heavy atom. The molecule has 10 nitrogen and oxygen atoms in total. The van der Waals surface area contributed by atoms with Crippen LogP contribution in [-0.4, -0.2) is 66.1 Å². The number of benzene rings is 2. The van der Waals surface area contributed by atoms with Crippen LogP contribution in [0.5, 0.6) is 0 Å². The Bertz CT molecular complexity index is 1270. The van der Waals surface area contributed by atoms with Gasteiger partial charge in [-0.2, -0.15) is 0 Å². The number of carbonyl (C=O) groups is 4. The second kappa shape index (κ2) is 13.4. The molecule has 0 radical (unpaired) electrons. The van der Waals surface area contributed by atoms with E-state index in [0.717, 1.165) is 5.56 Å². The molecule has 1 heterocycles. The summed E-state index contributed by atoms with van der Waals surface area (Å²) in [6.45, 7) is 9.74. The third kappa shape index (κ3) is 7.77. The summed E-state index contributed by atoms with van der Waals surface area (Å²) in [6, 6.07) is 12.4. The number of amides is 4. The Labute approximate surface area is 245 Å². The quantitative estimate of drug-likeness (QED) is 0.329. The first-order valence-corrected chi connectivity index (χ1v) is 14.0. The van der Waals surface area contributed by atoms with Gasteiger partial charge in [0.1, 0.15) is 6.54 Å². The fourth-order valence-corrected chi connectivity index (χ4v) is 5.09. The van der Waals surface area contributed by atoms with Crippen molar-refractivity contribution in [2.75, 3.05) is 31.6 Å². The van der Waals surface area contributed by atoms with E-state index >= 15 is 0 Å². The summed E-state index contributed by atoms with van der Waals surface area (Å²) in [4.78, 5) is 51.7. The first-order chi connectivity index (χ1) is 19.3. The normalized spacial score (nSPS) is 19.4. The zero-order valence-electron chi connectivity index (χ0n) is 24.1. The maximum atomic E-state index is 13.5. The van der Waals surface area contributed by atoms with Gasteiger partial charge in [0.15, 0.2) is 0 Å². The molecule has 222 valence electrons. The van der Waals surface area contributed by atoms with Crippen molar-refractivity contribution in [1.29, 1.82) is 0 Å². The van der Waals surface area contributed by atoms with E-state index in [1.54, 1.807) is 56.0 Å². The third-order valence-corrected chi connectivity index (χ3v) is 7.91. The molecular weight excluding hydrogens is 548 g/mol. The summed E-state index contributed by atoms with van der Waals surface area (Å²) in [5, 5.41) is 20.1. The van der Waals surface area contributed by atoms with Crippen LogP contribution in [0.15, 0.2) is 48.5 Å².